The third-order valence-corrected chi connectivity index (χ3v) is 5.71. The minimum absolute atomic E-state index is 0.0170. The Morgan fingerprint density at radius 3 is 2.31 bits per heavy atom. The van der Waals surface area contributed by atoms with E-state index in [2.05, 4.69) is 59.3 Å². The minimum atomic E-state index is -0.0170. The summed E-state index contributed by atoms with van der Waals surface area (Å²) in [5.41, 5.74) is 8.50. The highest BCUT2D eigenvalue weighted by Gasteiger charge is 2.19. The molecule has 1 aliphatic rings. The number of carbonyl (C=O) groups is 1. The summed E-state index contributed by atoms with van der Waals surface area (Å²) in [5.74, 6) is -0.0170. The van der Waals surface area contributed by atoms with Crippen molar-refractivity contribution in [2.45, 2.75) is 58.9 Å². The molecule has 0 atom stereocenters. The fourth-order valence-corrected chi connectivity index (χ4v) is 4.21. The molecule has 29 heavy (non-hydrogen) atoms. The van der Waals surface area contributed by atoms with Crippen molar-refractivity contribution in [1.29, 1.82) is 0 Å². The summed E-state index contributed by atoms with van der Waals surface area (Å²) in [6.07, 6.45) is 6.05. The van der Waals surface area contributed by atoms with Crippen LogP contribution < -0.4 is 5.32 Å². The first-order chi connectivity index (χ1) is 14.0. The Hall–Kier alpha value is -2.81. The monoisotopic (exact) mass is 386 g/mol. The average molecular weight is 387 g/mol. The second kappa shape index (κ2) is 8.28. The highest BCUT2D eigenvalue weighted by molar-refractivity contribution is 5.94. The number of fused-ring (bicyclic) bond motifs is 1. The van der Waals surface area contributed by atoms with E-state index in [1.54, 1.807) is 0 Å². The van der Waals surface area contributed by atoms with E-state index in [1.165, 1.54) is 47.3 Å². The van der Waals surface area contributed by atoms with Crippen LogP contribution in [0.25, 0.3) is 16.9 Å². The smallest absolute Gasteiger partial charge is 0.251 e. The maximum atomic E-state index is 12.3. The summed E-state index contributed by atoms with van der Waals surface area (Å²) in [6.45, 7) is 6.09. The van der Waals surface area contributed by atoms with Crippen molar-refractivity contribution >= 4 is 5.91 Å². The summed E-state index contributed by atoms with van der Waals surface area (Å²) < 4.78 is 2.41. The Morgan fingerprint density at radius 2 is 1.62 bits per heavy atom. The third kappa shape index (κ3) is 4.14. The largest absolute Gasteiger partial charge is 0.350 e. The van der Waals surface area contributed by atoms with Gasteiger partial charge < -0.3 is 9.88 Å². The predicted molar refractivity (Wildman–Crippen MR) is 120 cm³/mol. The summed E-state index contributed by atoms with van der Waals surface area (Å²) >= 11 is 0. The van der Waals surface area contributed by atoms with E-state index in [1.807, 2.05) is 26.0 Å². The number of carbonyl (C=O) groups excluding carboxylic acids is 1. The average Bonchev–Trinajstić information content (AvgIpc) is 2.90. The van der Waals surface area contributed by atoms with E-state index >= 15 is 0 Å². The van der Waals surface area contributed by atoms with Crippen molar-refractivity contribution in [3.8, 4) is 16.9 Å². The van der Waals surface area contributed by atoms with Crippen LogP contribution in [0, 0.1) is 6.92 Å². The SMILES string of the molecule is Cc1ccc(-c2cc3c(n2-c2ccc(C(=O)NC(C)C)cc2)CCCCC3)cc1. The molecule has 4 rings (SSSR count). The molecule has 3 heteroatoms. The van der Waals surface area contributed by atoms with Gasteiger partial charge in [-0.3, -0.25) is 4.79 Å². The lowest BCUT2D eigenvalue weighted by Gasteiger charge is -2.15. The lowest BCUT2D eigenvalue weighted by atomic mass is 10.1. The first-order valence-electron chi connectivity index (χ1n) is 10.7. The van der Waals surface area contributed by atoms with E-state index < -0.39 is 0 Å². The lowest BCUT2D eigenvalue weighted by molar-refractivity contribution is 0.0943. The Kier molecular flexibility index (Phi) is 5.57. The molecule has 1 N–H and O–H groups in total. The second-order valence-electron chi connectivity index (χ2n) is 8.44. The Morgan fingerprint density at radius 1 is 0.931 bits per heavy atom. The molecule has 0 saturated heterocycles. The van der Waals surface area contributed by atoms with E-state index in [4.69, 9.17) is 0 Å². The molecule has 1 heterocycles. The number of rotatable bonds is 4. The lowest BCUT2D eigenvalue weighted by Crippen LogP contribution is -2.30. The number of nitrogens with one attached hydrogen (secondary N) is 1. The zero-order valence-electron chi connectivity index (χ0n) is 17.7. The van der Waals surface area contributed by atoms with E-state index in [9.17, 15) is 4.79 Å². The number of hydrogen-bond acceptors (Lipinski definition) is 1. The van der Waals surface area contributed by atoms with E-state index in [0.29, 0.717) is 5.56 Å². The Labute approximate surface area is 173 Å². The Balaban J connectivity index is 1.78. The molecule has 1 aliphatic carbocycles. The van der Waals surface area contributed by atoms with Gasteiger partial charge in [-0.25, -0.2) is 0 Å². The van der Waals surface area contributed by atoms with Gasteiger partial charge in [-0.05, 0) is 87.9 Å². The first kappa shape index (κ1) is 19.5. The van der Waals surface area contributed by atoms with Crippen LogP contribution in [0.5, 0.6) is 0 Å². The van der Waals surface area contributed by atoms with Crippen LogP contribution in [0.4, 0.5) is 0 Å². The van der Waals surface area contributed by atoms with Crippen LogP contribution in [-0.4, -0.2) is 16.5 Å². The predicted octanol–water partition coefficient (Wildman–Crippen LogP) is 5.86. The van der Waals surface area contributed by atoms with Gasteiger partial charge in [0.1, 0.15) is 0 Å². The molecule has 0 fully saturated rings. The Bertz CT molecular complexity index is 994. The van der Waals surface area contributed by atoms with Gasteiger partial charge in [0.25, 0.3) is 5.91 Å². The van der Waals surface area contributed by atoms with Crippen molar-refractivity contribution in [3.63, 3.8) is 0 Å². The van der Waals surface area contributed by atoms with Crippen LogP contribution in [0.1, 0.15) is 60.3 Å². The molecule has 0 unspecified atom stereocenters. The van der Waals surface area contributed by atoms with Crippen molar-refractivity contribution in [2.24, 2.45) is 0 Å². The van der Waals surface area contributed by atoms with Gasteiger partial charge in [-0.2, -0.15) is 0 Å². The topological polar surface area (TPSA) is 34.0 Å². The number of hydrogen-bond donors (Lipinski definition) is 1. The van der Waals surface area contributed by atoms with Gasteiger partial charge in [0.05, 0.1) is 5.69 Å². The number of benzene rings is 2. The molecule has 3 nitrogen and oxygen atoms in total. The summed E-state index contributed by atoms with van der Waals surface area (Å²) in [5, 5.41) is 2.97. The summed E-state index contributed by atoms with van der Waals surface area (Å²) in [4.78, 5) is 12.3. The molecule has 1 aromatic heterocycles. The molecule has 0 radical (unpaired) electrons. The summed E-state index contributed by atoms with van der Waals surface area (Å²) in [6, 6.07) is 19.3. The van der Waals surface area contributed by atoms with Crippen LogP contribution in [0.3, 0.4) is 0 Å². The van der Waals surface area contributed by atoms with Gasteiger partial charge in [-0.15, -0.1) is 0 Å². The van der Waals surface area contributed by atoms with Crippen molar-refractivity contribution in [3.05, 3.63) is 77.0 Å². The molecule has 0 saturated carbocycles. The molecule has 1 amide bonds. The highest BCUT2D eigenvalue weighted by atomic mass is 16.1. The van der Waals surface area contributed by atoms with Gasteiger partial charge in [-0.1, -0.05) is 36.2 Å². The maximum Gasteiger partial charge on any atom is 0.251 e. The van der Waals surface area contributed by atoms with Gasteiger partial charge in [0, 0.05) is 23.0 Å². The van der Waals surface area contributed by atoms with Gasteiger partial charge >= 0.3 is 0 Å². The number of nitrogens with zero attached hydrogens (tertiary/aromatic N) is 1. The number of aromatic nitrogens is 1. The standard InChI is InChI=1S/C26H30N2O/c1-18(2)27-26(29)21-13-15-23(16-14-21)28-24-8-6-4-5-7-22(24)17-25(28)20-11-9-19(3)10-12-20/h9-18H,4-8H2,1-3H3,(H,27,29). The zero-order valence-corrected chi connectivity index (χ0v) is 17.7. The van der Waals surface area contributed by atoms with E-state index in [0.717, 1.165) is 18.5 Å². The third-order valence-electron chi connectivity index (χ3n) is 5.71. The molecule has 0 spiro atoms. The molecule has 0 bridgehead atoms. The van der Waals surface area contributed by atoms with Crippen LogP contribution >= 0.6 is 0 Å². The number of aryl methyl sites for hydroxylation is 2. The van der Waals surface area contributed by atoms with Crippen molar-refractivity contribution in [2.75, 3.05) is 0 Å². The van der Waals surface area contributed by atoms with Crippen LogP contribution in [0.2, 0.25) is 0 Å². The maximum absolute atomic E-state index is 12.3. The zero-order chi connectivity index (χ0) is 20.4. The van der Waals surface area contributed by atoms with Crippen molar-refractivity contribution in [1.82, 2.24) is 9.88 Å². The quantitative estimate of drug-likeness (QED) is 0.560. The molecule has 3 aromatic rings. The minimum Gasteiger partial charge on any atom is -0.350 e. The van der Waals surface area contributed by atoms with Crippen molar-refractivity contribution < 1.29 is 4.79 Å². The normalized spacial score (nSPS) is 13.8. The second-order valence-corrected chi connectivity index (χ2v) is 8.44. The van der Waals surface area contributed by atoms with Crippen LogP contribution in [-0.2, 0) is 12.8 Å². The highest BCUT2D eigenvalue weighted by Crippen LogP contribution is 2.33. The molecule has 0 aliphatic heterocycles. The fourth-order valence-electron chi connectivity index (χ4n) is 4.21. The fraction of sp³-hybridized carbons (Fsp3) is 0.346. The van der Waals surface area contributed by atoms with Gasteiger partial charge in [0.15, 0.2) is 0 Å². The van der Waals surface area contributed by atoms with Gasteiger partial charge in [0.2, 0.25) is 0 Å². The first-order valence-corrected chi connectivity index (χ1v) is 10.7. The van der Waals surface area contributed by atoms with Crippen LogP contribution in [0.15, 0.2) is 54.6 Å². The number of amides is 1. The molecule has 150 valence electrons. The summed E-state index contributed by atoms with van der Waals surface area (Å²) in [7, 11) is 0. The molecule has 2 aromatic carbocycles. The molecular formula is C26H30N2O. The molecular weight excluding hydrogens is 356 g/mol. The van der Waals surface area contributed by atoms with E-state index in [-0.39, 0.29) is 11.9 Å².